The molecule has 2 rings (SSSR count). The van der Waals surface area contributed by atoms with Crippen LogP contribution in [0.4, 0.5) is 0 Å². The van der Waals surface area contributed by atoms with E-state index in [1.54, 1.807) is 0 Å². The molecule has 1 heterocycles. The largest absolute Gasteiger partial charge is 0.387 e. The Bertz CT molecular complexity index is 428. The summed E-state index contributed by atoms with van der Waals surface area (Å²) >= 11 is 0. The highest BCUT2D eigenvalue weighted by molar-refractivity contribution is 5.24. The Morgan fingerprint density at radius 2 is 1.86 bits per heavy atom. The van der Waals surface area contributed by atoms with E-state index in [-0.39, 0.29) is 6.10 Å². The maximum Gasteiger partial charge on any atom is 0.0917 e. The van der Waals surface area contributed by atoms with Crippen LogP contribution in [0.5, 0.6) is 0 Å². The summed E-state index contributed by atoms with van der Waals surface area (Å²) in [6.07, 6.45) is 3.22. The van der Waals surface area contributed by atoms with Gasteiger partial charge < -0.3 is 5.11 Å². The van der Waals surface area contributed by atoms with E-state index < -0.39 is 0 Å². The highest BCUT2D eigenvalue weighted by Gasteiger charge is 2.29. The number of hydrogen-bond acceptors (Lipinski definition) is 2. The quantitative estimate of drug-likeness (QED) is 0.884. The number of piperidine rings is 1. The Morgan fingerprint density at radius 3 is 2.48 bits per heavy atom. The highest BCUT2D eigenvalue weighted by Crippen LogP contribution is 2.28. The number of benzene rings is 1. The van der Waals surface area contributed by atoms with Crippen LogP contribution in [-0.2, 0) is 6.42 Å². The van der Waals surface area contributed by atoms with E-state index in [9.17, 15) is 5.11 Å². The lowest BCUT2D eigenvalue weighted by Crippen LogP contribution is -2.47. The zero-order chi connectivity index (χ0) is 15.4. The number of hydrogen-bond donors (Lipinski definition) is 1. The number of aliphatic hydroxyl groups excluding tert-OH is 1. The summed E-state index contributed by atoms with van der Waals surface area (Å²) in [5.41, 5.74) is 2.41. The van der Waals surface area contributed by atoms with E-state index >= 15 is 0 Å². The fourth-order valence-corrected chi connectivity index (χ4v) is 3.60. The van der Waals surface area contributed by atoms with Gasteiger partial charge in [-0.2, -0.15) is 0 Å². The summed E-state index contributed by atoms with van der Waals surface area (Å²) in [6, 6.07) is 9.07. The molecule has 0 radical (unpaired) electrons. The Hall–Kier alpha value is -0.860. The molecule has 4 atom stereocenters. The van der Waals surface area contributed by atoms with Crippen molar-refractivity contribution in [1.82, 2.24) is 4.90 Å². The van der Waals surface area contributed by atoms with Crippen LogP contribution in [0.25, 0.3) is 0 Å². The molecule has 1 fully saturated rings. The van der Waals surface area contributed by atoms with Gasteiger partial charge in [0.15, 0.2) is 0 Å². The van der Waals surface area contributed by atoms with Crippen LogP contribution < -0.4 is 0 Å². The van der Waals surface area contributed by atoms with Crippen LogP contribution in [0.15, 0.2) is 24.3 Å². The van der Waals surface area contributed by atoms with Gasteiger partial charge in [0, 0.05) is 19.1 Å². The molecule has 1 N–H and O–H groups in total. The normalized spacial score (nSPS) is 28.5. The number of rotatable bonds is 5. The van der Waals surface area contributed by atoms with Crippen molar-refractivity contribution in [2.75, 3.05) is 13.1 Å². The second-order valence-corrected chi connectivity index (χ2v) is 7.02. The van der Waals surface area contributed by atoms with Gasteiger partial charge in [-0.05, 0) is 42.7 Å². The van der Waals surface area contributed by atoms with Gasteiger partial charge in [0.25, 0.3) is 0 Å². The molecule has 2 nitrogen and oxygen atoms in total. The third kappa shape index (κ3) is 4.31. The molecule has 1 aliphatic heterocycles. The minimum absolute atomic E-state index is 0.374. The van der Waals surface area contributed by atoms with Gasteiger partial charge in [0.05, 0.1) is 6.10 Å². The molecule has 1 aliphatic rings. The summed E-state index contributed by atoms with van der Waals surface area (Å²) in [6.45, 7) is 11.0. The minimum atomic E-state index is -0.374. The summed E-state index contributed by atoms with van der Waals surface area (Å²) in [7, 11) is 0. The van der Waals surface area contributed by atoms with Crippen molar-refractivity contribution in [2.24, 2.45) is 11.8 Å². The van der Waals surface area contributed by atoms with E-state index in [1.807, 2.05) is 0 Å². The molecule has 0 aliphatic carbocycles. The lowest BCUT2D eigenvalue weighted by atomic mass is 9.85. The summed E-state index contributed by atoms with van der Waals surface area (Å²) in [5.74, 6) is 1.45. The molecule has 21 heavy (non-hydrogen) atoms. The molecule has 0 spiro atoms. The van der Waals surface area contributed by atoms with Crippen LogP contribution in [0, 0.1) is 11.8 Å². The van der Waals surface area contributed by atoms with Crippen molar-refractivity contribution >= 4 is 0 Å². The average Bonchev–Trinajstić information content (AvgIpc) is 2.45. The lowest BCUT2D eigenvalue weighted by Gasteiger charge is -2.42. The first-order valence-corrected chi connectivity index (χ1v) is 8.52. The molecule has 1 saturated heterocycles. The standard InChI is InChI=1S/C19H31NO/c1-5-6-17-7-9-18(10-8-17)19(21)13-20-12-14(2)11-15(3)16(20)4/h7-10,14-16,19,21H,5-6,11-13H2,1-4H3. The van der Waals surface area contributed by atoms with Crippen molar-refractivity contribution in [3.63, 3.8) is 0 Å². The summed E-state index contributed by atoms with van der Waals surface area (Å²) in [4.78, 5) is 2.46. The monoisotopic (exact) mass is 289 g/mol. The molecule has 0 amide bonds. The first kappa shape index (κ1) is 16.5. The summed E-state index contributed by atoms with van der Waals surface area (Å²) < 4.78 is 0. The van der Waals surface area contributed by atoms with Gasteiger partial charge in [-0.15, -0.1) is 0 Å². The number of likely N-dealkylation sites (tertiary alicyclic amines) is 1. The molecule has 4 unspecified atom stereocenters. The van der Waals surface area contributed by atoms with Crippen LogP contribution in [-0.4, -0.2) is 29.1 Å². The molecule has 1 aromatic carbocycles. The average molecular weight is 289 g/mol. The van der Waals surface area contributed by atoms with Gasteiger partial charge in [0.1, 0.15) is 0 Å². The first-order chi connectivity index (χ1) is 10.0. The van der Waals surface area contributed by atoms with Crippen molar-refractivity contribution in [2.45, 2.75) is 59.1 Å². The fourth-order valence-electron chi connectivity index (χ4n) is 3.60. The topological polar surface area (TPSA) is 23.5 Å². The zero-order valence-corrected chi connectivity index (χ0v) is 14.0. The van der Waals surface area contributed by atoms with Crippen LogP contribution in [0.2, 0.25) is 0 Å². The van der Waals surface area contributed by atoms with E-state index in [2.05, 4.69) is 56.9 Å². The van der Waals surface area contributed by atoms with Crippen molar-refractivity contribution in [1.29, 1.82) is 0 Å². The minimum Gasteiger partial charge on any atom is -0.387 e. The van der Waals surface area contributed by atoms with Crippen molar-refractivity contribution < 1.29 is 5.11 Å². The molecule has 0 saturated carbocycles. The number of nitrogens with zero attached hydrogens (tertiary/aromatic N) is 1. The molecule has 0 aromatic heterocycles. The molecule has 0 bridgehead atoms. The molecule has 1 aromatic rings. The lowest BCUT2D eigenvalue weighted by molar-refractivity contribution is 0.0316. The first-order valence-electron chi connectivity index (χ1n) is 8.52. The molecule has 118 valence electrons. The number of aliphatic hydroxyl groups is 1. The fraction of sp³-hybridized carbons (Fsp3) is 0.684. The Kier molecular flexibility index (Phi) is 5.83. The van der Waals surface area contributed by atoms with Crippen molar-refractivity contribution in [3.8, 4) is 0 Å². The Labute approximate surface area is 130 Å². The third-order valence-electron chi connectivity index (χ3n) is 5.03. The predicted octanol–water partition coefficient (Wildman–Crippen LogP) is 4.04. The van der Waals surface area contributed by atoms with Crippen LogP contribution in [0.3, 0.4) is 0 Å². The number of aryl methyl sites for hydroxylation is 1. The maximum absolute atomic E-state index is 10.5. The van der Waals surface area contributed by atoms with Crippen LogP contribution in [0.1, 0.15) is 57.8 Å². The SMILES string of the molecule is CCCc1ccc(C(O)CN2CC(C)CC(C)C2C)cc1. The van der Waals surface area contributed by atoms with Gasteiger partial charge >= 0.3 is 0 Å². The van der Waals surface area contributed by atoms with E-state index in [4.69, 9.17) is 0 Å². The molecular weight excluding hydrogens is 258 g/mol. The molecular formula is C19H31NO. The van der Waals surface area contributed by atoms with Crippen LogP contribution >= 0.6 is 0 Å². The van der Waals surface area contributed by atoms with Gasteiger partial charge in [-0.1, -0.05) is 51.5 Å². The van der Waals surface area contributed by atoms with Gasteiger partial charge in [-0.3, -0.25) is 4.90 Å². The summed E-state index contributed by atoms with van der Waals surface area (Å²) in [5, 5.41) is 10.5. The predicted molar refractivity (Wildman–Crippen MR) is 89.4 cm³/mol. The van der Waals surface area contributed by atoms with E-state index in [0.29, 0.717) is 12.0 Å². The van der Waals surface area contributed by atoms with E-state index in [1.165, 1.54) is 18.4 Å². The maximum atomic E-state index is 10.5. The second kappa shape index (κ2) is 7.42. The van der Waals surface area contributed by atoms with Crippen molar-refractivity contribution in [3.05, 3.63) is 35.4 Å². The molecule has 2 heteroatoms. The second-order valence-electron chi connectivity index (χ2n) is 7.02. The number of β-amino-alcohol motifs (C(OH)–C–C–N with tert-alkyl or cyclic N) is 1. The third-order valence-corrected chi connectivity index (χ3v) is 5.03. The Morgan fingerprint density at radius 1 is 1.19 bits per heavy atom. The zero-order valence-electron chi connectivity index (χ0n) is 14.0. The van der Waals surface area contributed by atoms with E-state index in [0.717, 1.165) is 31.0 Å². The smallest absolute Gasteiger partial charge is 0.0917 e. The Balaban J connectivity index is 1.98. The van der Waals surface area contributed by atoms with Gasteiger partial charge in [0.2, 0.25) is 0 Å². The highest BCUT2D eigenvalue weighted by atomic mass is 16.3. The van der Waals surface area contributed by atoms with Gasteiger partial charge in [-0.25, -0.2) is 0 Å².